The summed E-state index contributed by atoms with van der Waals surface area (Å²) < 4.78 is 0. The molecule has 2 amide bonds. The van der Waals surface area contributed by atoms with E-state index in [4.69, 9.17) is 5.11 Å². The molecule has 0 aliphatic rings. The van der Waals surface area contributed by atoms with Crippen molar-refractivity contribution in [3.05, 3.63) is 0 Å². The van der Waals surface area contributed by atoms with Crippen LogP contribution in [-0.4, -0.2) is 36.0 Å². The maximum atomic E-state index is 10.9. The van der Waals surface area contributed by atoms with Crippen LogP contribution in [-0.2, 0) is 14.4 Å². The smallest absolute Gasteiger partial charge is 0.322 e. The van der Waals surface area contributed by atoms with E-state index in [1.54, 1.807) is 0 Å². The van der Waals surface area contributed by atoms with Crippen molar-refractivity contribution in [3.63, 3.8) is 0 Å². The van der Waals surface area contributed by atoms with Crippen LogP contribution in [0.2, 0.25) is 0 Å². The molecule has 0 aliphatic carbocycles. The number of carboxylic acids is 1. The molecule has 0 aromatic rings. The zero-order chi connectivity index (χ0) is 11.0. The fraction of sp³-hybridized carbons (Fsp3) is 0.625. The van der Waals surface area contributed by atoms with Gasteiger partial charge in [-0.05, 0) is 6.42 Å². The third-order valence-electron chi connectivity index (χ3n) is 1.36. The molecule has 80 valence electrons. The molecule has 0 aliphatic heterocycles. The molecule has 0 rings (SSSR count). The van der Waals surface area contributed by atoms with Gasteiger partial charge in [0.2, 0.25) is 11.8 Å². The van der Waals surface area contributed by atoms with Crippen LogP contribution in [0.3, 0.4) is 0 Å². The SMILES string of the molecule is CCCC(=O)NCC(=O)NCC(=O)O. The Bertz CT molecular complexity index is 227. The normalized spacial score (nSPS) is 9.21. The number of amides is 2. The van der Waals surface area contributed by atoms with E-state index in [0.717, 1.165) is 0 Å². The second-order valence-electron chi connectivity index (χ2n) is 2.70. The molecule has 0 fully saturated rings. The molecular weight excluding hydrogens is 188 g/mol. The average Bonchev–Trinajstić information content (AvgIpc) is 2.12. The van der Waals surface area contributed by atoms with E-state index < -0.39 is 18.4 Å². The molecule has 0 heterocycles. The molecule has 3 N–H and O–H groups in total. The minimum Gasteiger partial charge on any atom is -0.480 e. The molecule has 6 heteroatoms. The number of carbonyl (C=O) groups is 3. The first-order valence-electron chi connectivity index (χ1n) is 4.31. The monoisotopic (exact) mass is 202 g/mol. The molecule has 0 atom stereocenters. The van der Waals surface area contributed by atoms with Crippen molar-refractivity contribution in [1.82, 2.24) is 10.6 Å². The van der Waals surface area contributed by atoms with Crippen LogP contribution < -0.4 is 10.6 Å². The number of hydrogen-bond acceptors (Lipinski definition) is 3. The Morgan fingerprint density at radius 3 is 2.14 bits per heavy atom. The molecule has 0 bridgehead atoms. The molecule has 0 radical (unpaired) electrons. The van der Waals surface area contributed by atoms with E-state index in [1.165, 1.54) is 0 Å². The van der Waals surface area contributed by atoms with Crippen molar-refractivity contribution in [2.24, 2.45) is 0 Å². The van der Waals surface area contributed by atoms with Crippen molar-refractivity contribution in [2.45, 2.75) is 19.8 Å². The van der Waals surface area contributed by atoms with Gasteiger partial charge in [0.15, 0.2) is 0 Å². The summed E-state index contributed by atoms with van der Waals surface area (Å²) in [6.45, 7) is 1.25. The lowest BCUT2D eigenvalue weighted by molar-refractivity contribution is -0.137. The summed E-state index contributed by atoms with van der Waals surface area (Å²) in [6.07, 6.45) is 1.08. The molecule has 0 aromatic carbocycles. The molecule has 0 aromatic heterocycles. The molecule has 0 spiro atoms. The minimum atomic E-state index is -1.11. The summed E-state index contributed by atoms with van der Waals surface area (Å²) in [5, 5.41) is 12.7. The van der Waals surface area contributed by atoms with Crippen molar-refractivity contribution in [3.8, 4) is 0 Å². The lowest BCUT2D eigenvalue weighted by Gasteiger charge is -2.03. The van der Waals surface area contributed by atoms with Gasteiger partial charge in [0, 0.05) is 6.42 Å². The lowest BCUT2D eigenvalue weighted by Crippen LogP contribution is -2.38. The number of carbonyl (C=O) groups excluding carboxylic acids is 2. The Hall–Kier alpha value is -1.59. The van der Waals surface area contributed by atoms with Crippen LogP contribution >= 0.6 is 0 Å². The van der Waals surface area contributed by atoms with Crippen LogP contribution in [0, 0.1) is 0 Å². The predicted octanol–water partition coefficient (Wildman–Crippen LogP) is -0.896. The topological polar surface area (TPSA) is 95.5 Å². The summed E-state index contributed by atoms with van der Waals surface area (Å²) in [4.78, 5) is 31.8. The largest absolute Gasteiger partial charge is 0.480 e. The van der Waals surface area contributed by atoms with Crippen LogP contribution in [0.25, 0.3) is 0 Å². The lowest BCUT2D eigenvalue weighted by atomic mass is 10.3. The Labute approximate surface area is 81.7 Å². The van der Waals surface area contributed by atoms with E-state index in [1.807, 2.05) is 6.92 Å². The zero-order valence-corrected chi connectivity index (χ0v) is 8.00. The molecule has 0 unspecified atom stereocenters. The van der Waals surface area contributed by atoms with Gasteiger partial charge in [-0.2, -0.15) is 0 Å². The molecule has 6 nitrogen and oxygen atoms in total. The van der Waals surface area contributed by atoms with Gasteiger partial charge in [-0.15, -0.1) is 0 Å². The molecule has 0 saturated carbocycles. The van der Waals surface area contributed by atoms with Gasteiger partial charge in [-0.25, -0.2) is 0 Å². The Balaban J connectivity index is 3.53. The fourth-order valence-corrected chi connectivity index (χ4v) is 0.731. The summed E-state index contributed by atoms with van der Waals surface area (Å²) in [7, 11) is 0. The van der Waals surface area contributed by atoms with Crippen LogP contribution in [0.5, 0.6) is 0 Å². The van der Waals surface area contributed by atoms with Gasteiger partial charge in [-0.1, -0.05) is 6.92 Å². The summed E-state index contributed by atoms with van der Waals surface area (Å²) in [5.74, 6) is -1.83. The zero-order valence-electron chi connectivity index (χ0n) is 8.00. The molecule has 14 heavy (non-hydrogen) atoms. The van der Waals surface area contributed by atoms with Crippen molar-refractivity contribution >= 4 is 17.8 Å². The standard InChI is InChI=1S/C8H14N2O4/c1-2-3-6(11)9-4-7(12)10-5-8(13)14/h2-5H2,1H3,(H,9,11)(H,10,12)(H,13,14). The van der Waals surface area contributed by atoms with Crippen LogP contribution in [0.1, 0.15) is 19.8 Å². The maximum Gasteiger partial charge on any atom is 0.322 e. The van der Waals surface area contributed by atoms with E-state index >= 15 is 0 Å². The van der Waals surface area contributed by atoms with E-state index in [2.05, 4.69) is 10.6 Å². The third-order valence-corrected chi connectivity index (χ3v) is 1.36. The first-order valence-corrected chi connectivity index (χ1v) is 4.31. The minimum absolute atomic E-state index is 0.174. The predicted molar refractivity (Wildman–Crippen MR) is 48.6 cm³/mol. The highest BCUT2D eigenvalue weighted by molar-refractivity contribution is 5.86. The number of carboxylic acid groups (broad SMARTS) is 1. The van der Waals surface area contributed by atoms with Gasteiger partial charge < -0.3 is 15.7 Å². The third kappa shape index (κ3) is 7.08. The Kier molecular flexibility index (Phi) is 6.09. The first kappa shape index (κ1) is 12.4. The van der Waals surface area contributed by atoms with Crippen molar-refractivity contribution < 1.29 is 19.5 Å². The second-order valence-corrected chi connectivity index (χ2v) is 2.70. The van der Waals surface area contributed by atoms with Crippen LogP contribution in [0.4, 0.5) is 0 Å². The molecular formula is C8H14N2O4. The van der Waals surface area contributed by atoms with Crippen molar-refractivity contribution in [2.75, 3.05) is 13.1 Å². The van der Waals surface area contributed by atoms with Crippen molar-refractivity contribution in [1.29, 1.82) is 0 Å². The quantitative estimate of drug-likeness (QED) is 0.520. The van der Waals surface area contributed by atoms with E-state index in [0.29, 0.717) is 12.8 Å². The number of rotatable bonds is 6. The first-order chi connectivity index (χ1) is 6.56. The van der Waals surface area contributed by atoms with Gasteiger partial charge in [0.05, 0.1) is 6.54 Å². The second kappa shape index (κ2) is 6.88. The Morgan fingerprint density at radius 1 is 1.07 bits per heavy atom. The van der Waals surface area contributed by atoms with Gasteiger partial charge in [0.25, 0.3) is 0 Å². The van der Waals surface area contributed by atoms with E-state index in [9.17, 15) is 14.4 Å². The van der Waals surface area contributed by atoms with E-state index in [-0.39, 0.29) is 12.5 Å². The highest BCUT2D eigenvalue weighted by atomic mass is 16.4. The summed E-state index contributed by atoms with van der Waals surface area (Å²) in [5.41, 5.74) is 0. The van der Waals surface area contributed by atoms with Gasteiger partial charge in [-0.3, -0.25) is 14.4 Å². The van der Waals surface area contributed by atoms with Crippen LogP contribution in [0.15, 0.2) is 0 Å². The van der Waals surface area contributed by atoms with Gasteiger partial charge in [0.1, 0.15) is 6.54 Å². The number of aliphatic carboxylic acids is 1. The number of nitrogens with one attached hydrogen (secondary N) is 2. The van der Waals surface area contributed by atoms with Gasteiger partial charge >= 0.3 is 5.97 Å². The highest BCUT2D eigenvalue weighted by Crippen LogP contribution is 1.84. The highest BCUT2D eigenvalue weighted by Gasteiger charge is 2.05. The summed E-state index contributed by atoms with van der Waals surface area (Å²) >= 11 is 0. The maximum absolute atomic E-state index is 10.9. The number of hydrogen-bond donors (Lipinski definition) is 3. The Morgan fingerprint density at radius 2 is 1.64 bits per heavy atom. The summed E-state index contributed by atoms with van der Waals surface area (Å²) in [6, 6.07) is 0. The average molecular weight is 202 g/mol. The molecule has 0 saturated heterocycles. The fourth-order valence-electron chi connectivity index (χ4n) is 0.731.